The first-order chi connectivity index (χ1) is 14.8. The Morgan fingerprint density at radius 2 is 1.94 bits per heavy atom. The van der Waals surface area contributed by atoms with Gasteiger partial charge in [-0.1, -0.05) is 30.3 Å². The van der Waals surface area contributed by atoms with Crippen molar-refractivity contribution in [3.63, 3.8) is 0 Å². The zero-order valence-electron chi connectivity index (χ0n) is 19.6. The number of ether oxygens (including phenoxy) is 1. The smallest absolute Gasteiger partial charge is 0.407 e. The number of likely N-dealkylation sites (tertiary alicyclic amines) is 2. The maximum atomic E-state index is 12.0. The first-order valence-electron chi connectivity index (χ1n) is 11.5. The zero-order chi connectivity index (χ0) is 22.3. The van der Waals surface area contributed by atoms with E-state index in [0.29, 0.717) is 5.92 Å². The zero-order valence-corrected chi connectivity index (χ0v) is 19.6. The summed E-state index contributed by atoms with van der Waals surface area (Å²) in [5.74, 6) is 1.57. The molecule has 0 bridgehead atoms. The van der Waals surface area contributed by atoms with Crippen LogP contribution < -0.4 is 10.6 Å². The van der Waals surface area contributed by atoms with Crippen molar-refractivity contribution in [2.75, 3.05) is 46.3 Å². The number of nitrogens with zero attached hydrogens (tertiary/aromatic N) is 3. The Balaban J connectivity index is 1.36. The van der Waals surface area contributed by atoms with E-state index in [9.17, 15) is 4.79 Å². The molecule has 3 rings (SSSR count). The van der Waals surface area contributed by atoms with Crippen LogP contribution in [0.1, 0.15) is 39.2 Å². The van der Waals surface area contributed by atoms with E-state index in [4.69, 9.17) is 4.74 Å². The molecule has 2 fully saturated rings. The highest BCUT2D eigenvalue weighted by Gasteiger charge is 2.29. The van der Waals surface area contributed by atoms with Crippen molar-refractivity contribution in [2.45, 2.75) is 51.7 Å². The van der Waals surface area contributed by atoms with Gasteiger partial charge in [-0.15, -0.1) is 0 Å². The topological polar surface area (TPSA) is 69.2 Å². The van der Waals surface area contributed by atoms with Crippen molar-refractivity contribution < 1.29 is 9.53 Å². The number of carbonyl (C=O) groups is 1. The normalized spacial score (nSPS) is 22.6. The number of nitrogens with one attached hydrogen (secondary N) is 2. The standard InChI is InChI=1S/C24H39N5O2/c1-24(2,3)31-23(30)27-21-12-15-29(18-21)22(25-4)26-16-20-11-14-28(17-20)13-10-19-8-6-5-7-9-19/h5-9,20-21H,10-18H2,1-4H3,(H,25,26)(H,27,30). The Hall–Kier alpha value is -2.28. The van der Waals surface area contributed by atoms with Crippen LogP contribution in [0.25, 0.3) is 0 Å². The average molecular weight is 430 g/mol. The molecule has 0 radical (unpaired) electrons. The van der Waals surface area contributed by atoms with E-state index in [1.54, 1.807) is 0 Å². The molecule has 2 aliphatic rings. The fraction of sp³-hybridized carbons (Fsp3) is 0.667. The molecule has 0 aromatic heterocycles. The second-order valence-electron chi connectivity index (χ2n) is 9.70. The molecule has 2 N–H and O–H groups in total. The molecular weight excluding hydrogens is 390 g/mol. The van der Waals surface area contributed by atoms with Crippen LogP contribution in [0.3, 0.4) is 0 Å². The van der Waals surface area contributed by atoms with Crippen LogP contribution >= 0.6 is 0 Å². The van der Waals surface area contributed by atoms with Gasteiger partial charge in [-0.2, -0.15) is 0 Å². The predicted molar refractivity (Wildman–Crippen MR) is 125 cm³/mol. The van der Waals surface area contributed by atoms with Crippen LogP contribution in [-0.2, 0) is 11.2 Å². The molecule has 2 unspecified atom stereocenters. The van der Waals surface area contributed by atoms with Gasteiger partial charge in [0.2, 0.25) is 0 Å². The fourth-order valence-electron chi connectivity index (χ4n) is 4.33. The summed E-state index contributed by atoms with van der Waals surface area (Å²) in [5, 5.41) is 6.55. The van der Waals surface area contributed by atoms with Crippen LogP contribution in [0.4, 0.5) is 4.79 Å². The number of guanidine groups is 1. The number of hydrogen-bond donors (Lipinski definition) is 2. The molecule has 31 heavy (non-hydrogen) atoms. The maximum absolute atomic E-state index is 12.0. The van der Waals surface area contributed by atoms with Crippen molar-refractivity contribution in [1.82, 2.24) is 20.4 Å². The number of carbonyl (C=O) groups excluding carboxylic acids is 1. The van der Waals surface area contributed by atoms with Crippen LogP contribution in [0.2, 0.25) is 0 Å². The molecule has 2 atom stereocenters. The van der Waals surface area contributed by atoms with E-state index < -0.39 is 5.60 Å². The van der Waals surface area contributed by atoms with Crippen molar-refractivity contribution in [3.8, 4) is 0 Å². The van der Waals surface area contributed by atoms with Crippen molar-refractivity contribution in [3.05, 3.63) is 35.9 Å². The molecule has 0 aliphatic carbocycles. The van der Waals surface area contributed by atoms with E-state index in [0.717, 1.165) is 51.5 Å². The van der Waals surface area contributed by atoms with E-state index in [1.807, 2.05) is 27.8 Å². The highest BCUT2D eigenvalue weighted by atomic mass is 16.6. The first kappa shape index (κ1) is 23.4. The summed E-state index contributed by atoms with van der Waals surface area (Å²) < 4.78 is 5.38. The van der Waals surface area contributed by atoms with Crippen molar-refractivity contribution in [2.24, 2.45) is 10.9 Å². The van der Waals surface area contributed by atoms with Gasteiger partial charge in [0.1, 0.15) is 5.60 Å². The Labute approximate surface area is 187 Å². The summed E-state index contributed by atoms with van der Waals surface area (Å²) >= 11 is 0. The minimum atomic E-state index is -0.476. The van der Waals surface area contributed by atoms with Gasteiger partial charge in [0.25, 0.3) is 0 Å². The van der Waals surface area contributed by atoms with Crippen LogP contribution in [0, 0.1) is 5.92 Å². The first-order valence-corrected chi connectivity index (χ1v) is 11.5. The Morgan fingerprint density at radius 3 is 2.65 bits per heavy atom. The third kappa shape index (κ3) is 7.73. The summed E-state index contributed by atoms with van der Waals surface area (Å²) in [6.45, 7) is 11.7. The minimum Gasteiger partial charge on any atom is -0.444 e. The molecule has 2 heterocycles. The number of aliphatic imine (C=N–C) groups is 1. The second-order valence-corrected chi connectivity index (χ2v) is 9.70. The quantitative estimate of drug-likeness (QED) is 0.538. The largest absolute Gasteiger partial charge is 0.444 e. The summed E-state index contributed by atoms with van der Waals surface area (Å²) in [5.41, 5.74) is 0.934. The molecule has 2 saturated heterocycles. The van der Waals surface area contributed by atoms with Gasteiger partial charge >= 0.3 is 6.09 Å². The number of alkyl carbamates (subject to hydrolysis) is 1. The number of hydrogen-bond acceptors (Lipinski definition) is 4. The molecule has 0 saturated carbocycles. The van der Waals surface area contributed by atoms with Crippen molar-refractivity contribution in [1.29, 1.82) is 0 Å². The van der Waals surface area contributed by atoms with Gasteiger partial charge in [-0.3, -0.25) is 4.99 Å². The monoisotopic (exact) mass is 429 g/mol. The van der Waals surface area contributed by atoms with Gasteiger partial charge in [-0.05, 0) is 58.1 Å². The number of rotatable bonds is 6. The van der Waals surface area contributed by atoms with Crippen LogP contribution in [-0.4, -0.2) is 79.8 Å². The molecule has 1 aromatic rings. The molecule has 172 valence electrons. The lowest BCUT2D eigenvalue weighted by atomic mass is 10.1. The van der Waals surface area contributed by atoms with Gasteiger partial charge in [0, 0.05) is 39.8 Å². The van der Waals surface area contributed by atoms with Crippen LogP contribution in [0.5, 0.6) is 0 Å². The number of amides is 1. The predicted octanol–water partition coefficient (Wildman–Crippen LogP) is 2.73. The lowest BCUT2D eigenvalue weighted by Gasteiger charge is -2.24. The minimum absolute atomic E-state index is 0.0911. The highest BCUT2D eigenvalue weighted by Crippen LogP contribution is 2.17. The van der Waals surface area contributed by atoms with E-state index in [2.05, 4.69) is 55.8 Å². The summed E-state index contributed by atoms with van der Waals surface area (Å²) in [7, 11) is 1.83. The lowest BCUT2D eigenvalue weighted by Crippen LogP contribution is -2.45. The SMILES string of the molecule is CN=C(NCC1CCN(CCc2ccccc2)C1)N1CCC(NC(=O)OC(C)(C)C)C1. The Kier molecular flexibility index (Phi) is 8.18. The molecule has 1 amide bonds. The lowest BCUT2D eigenvalue weighted by molar-refractivity contribution is 0.0507. The van der Waals surface area contributed by atoms with E-state index in [-0.39, 0.29) is 12.1 Å². The maximum Gasteiger partial charge on any atom is 0.407 e. The van der Waals surface area contributed by atoms with E-state index in [1.165, 1.54) is 18.5 Å². The Morgan fingerprint density at radius 1 is 1.16 bits per heavy atom. The van der Waals surface area contributed by atoms with Gasteiger partial charge in [-0.25, -0.2) is 4.79 Å². The highest BCUT2D eigenvalue weighted by molar-refractivity contribution is 5.80. The third-order valence-electron chi connectivity index (χ3n) is 5.90. The summed E-state index contributed by atoms with van der Waals surface area (Å²) in [4.78, 5) is 21.3. The molecule has 7 nitrogen and oxygen atoms in total. The molecule has 1 aromatic carbocycles. The van der Waals surface area contributed by atoms with Gasteiger partial charge in [0.15, 0.2) is 5.96 Å². The second kappa shape index (κ2) is 10.8. The fourth-order valence-corrected chi connectivity index (χ4v) is 4.33. The molecule has 0 spiro atoms. The van der Waals surface area contributed by atoms with Gasteiger partial charge in [0.05, 0.1) is 6.04 Å². The van der Waals surface area contributed by atoms with Crippen molar-refractivity contribution >= 4 is 12.1 Å². The summed E-state index contributed by atoms with van der Waals surface area (Å²) in [6.07, 6.45) is 2.89. The Bertz CT molecular complexity index is 731. The molecular formula is C24H39N5O2. The summed E-state index contributed by atoms with van der Waals surface area (Å²) in [6, 6.07) is 10.8. The van der Waals surface area contributed by atoms with E-state index >= 15 is 0 Å². The third-order valence-corrected chi connectivity index (χ3v) is 5.90. The molecule has 7 heteroatoms. The van der Waals surface area contributed by atoms with Crippen LogP contribution in [0.15, 0.2) is 35.3 Å². The average Bonchev–Trinajstić information content (AvgIpc) is 3.36. The molecule has 2 aliphatic heterocycles. The number of benzene rings is 1. The van der Waals surface area contributed by atoms with Gasteiger partial charge < -0.3 is 25.2 Å².